The number of hydrogen-bond acceptors (Lipinski definition) is 5. The fourth-order valence-corrected chi connectivity index (χ4v) is 4.77. The summed E-state index contributed by atoms with van der Waals surface area (Å²) in [5.74, 6) is 1.73. The molecule has 1 aliphatic heterocycles. The molecule has 1 aliphatic rings. The molecule has 0 aromatic heterocycles. The Kier molecular flexibility index (Phi) is 9.74. The van der Waals surface area contributed by atoms with Crippen molar-refractivity contribution in [2.24, 2.45) is 0 Å². The molecule has 1 heterocycles. The molecule has 1 N–H and O–H groups in total. The molecule has 0 spiro atoms. The van der Waals surface area contributed by atoms with Crippen molar-refractivity contribution in [3.05, 3.63) is 156 Å². The van der Waals surface area contributed by atoms with Gasteiger partial charge in [-0.25, -0.2) is 0 Å². The number of aliphatic hydroxyl groups is 1. The normalized spacial score (nSPS) is 17.5. The Labute approximate surface area is 230 Å². The van der Waals surface area contributed by atoms with E-state index in [1.165, 1.54) is 0 Å². The Hall–Kier alpha value is -3.52. The Morgan fingerprint density at radius 2 is 0.923 bits per heavy atom. The van der Waals surface area contributed by atoms with Crippen LogP contribution in [0.2, 0.25) is 0 Å². The van der Waals surface area contributed by atoms with Crippen LogP contribution in [0.4, 0.5) is 0 Å². The van der Waals surface area contributed by atoms with Gasteiger partial charge in [-0.1, -0.05) is 133 Å². The predicted molar refractivity (Wildman–Crippen MR) is 153 cm³/mol. The third-order valence-corrected chi connectivity index (χ3v) is 6.69. The minimum absolute atomic E-state index is 0.0836. The highest BCUT2D eigenvalue weighted by Gasteiger charge is 2.39. The number of benzene rings is 4. The maximum absolute atomic E-state index is 9.27. The first-order valence-electron chi connectivity index (χ1n) is 13.3. The summed E-state index contributed by atoms with van der Waals surface area (Å²) >= 11 is 0. The molecule has 1 fully saturated rings. The minimum atomic E-state index is -0.585. The van der Waals surface area contributed by atoms with Gasteiger partial charge >= 0.3 is 7.12 Å². The summed E-state index contributed by atoms with van der Waals surface area (Å²) in [6.45, 7) is 0.542. The summed E-state index contributed by atoms with van der Waals surface area (Å²) in [6, 6.07) is 40.7. The second-order valence-electron chi connectivity index (χ2n) is 9.40. The van der Waals surface area contributed by atoms with Crippen molar-refractivity contribution in [3.63, 3.8) is 0 Å². The van der Waals surface area contributed by atoms with E-state index < -0.39 is 7.12 Å². The van der Waals surface area contributed by atoms with Gasteiger partial charge in [0, 0.05) is 0 Å². The third kappa shape index (κ3) is 7.32. The van der Waals surface area contributed by atoms with Crippen LogP contribution >= 0.6 is 0 Å². The van der Waals surface area contributed by atoms with E-state index in [2.05, 4.69) is 48.5 Å². The van der Waals surface area contributed by atoms with E-state index in [0.29, 0.717) is 13.2 Å². The van der Waals surface area contributed by atoms with E-state index in [1.54, 1.807) is 12.1 Å². The van der Waals surface area contributed by atoms with E-state index in [0.717, 1.165) is 22.3 Å². The maximum atomic E-state index is 9.27. The lowest BCUT2D eigenvalue weighted by Crippen LogP contribution is -2.33. The number of ether oxygens (including phenoxy) is 2. The summed E-state index contributed by atoms with van der Waals surface area (Å²) in [6.07, 6.45) is 0.414. The zero-order valence-electron chi connectivity index (χ0n) is 21.8. The second-order valence-corrected chi connectivity index (χ2v) is 9.40. The highest BCUT2D eigenvalue weighted by molar-refractivity contribution is 6.51. The monoisotopic (exact) mass is 520 g/mol. The Morgan fingerprint density at radius 1 is 0.590 bits per heavy atom. The number of hydrogen-bond donors (Lipinski definition) is 1. The maximum Gasteiger partial charge on any atom is 0.486 e. The van der Waals surface area contributed by atoms with Gasteiger partial charge in [0.25, 0.3) is 0 Å². The van der Waals surface area contributed by atoms with Gasteiger partial charge in [-0.15, -0.1) is 0 Å². The summed E-state index contributed by atoms with van der Waals surface area (Å²) in [5.41, 5.74) is 4.28. The van der Waals surface area contributed by atoms with Gasteiger partial charge in [0.2, 0.25) is 0 Å². The lowest BCUT2D eigenvalue weighted by Gasteiger charge is -2.25. The molecule has 0 aliphatic carbocycles. The van der Waals surface area contributed by atoms with Gasteiger partial charge in [0.1, 0.15) is 12.2 Å². The molecule has 2 atom stereocenters. The van der Waals surface area contributed by atoms with Crippen molar-refractivity contribution in [2.75, 3.05) is 19.8 Å². The standard InChI is InChI=1S/C33H33BO5/c35-23-13-22-34-38-30(24-36-32(26-14-5-1-6-15-26)27-16-7-2-8-17-27)31(39-34)25-37-33(28-18-9-3-10-19-28)29-20-11-4-12-21-29/h1-22,30-33,35H,23-25H2/b22-13+/t30-,31-/m1/s1. The van der Waals surface area contributed by atoms with Crippen LogP contribution in [0.15, 0.2) is 133 Å². The van der Waals surface area contributed by atoms with Crippen LogP contribution in [-0.2, 0) is 18.8 Å². The van der Waals surface area contributed by atoms with E-state index in [1.807, 2.05) is 72.8 Å². The van der Waals surface area contributed by atoms with Crippen LogP contribution in [0, 0.1) is 0 Å². The molecule has 0 unspecified atom stereocenters. The second kappa shape index (κ2) is 14.0. The molecule has 5 rings (SSSR count). The fourth-order valence-electron chi connectivity index (χ4n) is 4.77. The van der Waals surface area contributed by atoms with Crippen molar-refractivity contribution in [3.8, 4) is 0 Å². The highest BCUT2D eigenvalue weighted by Crippen LogP contribution is 2.30. The molecule has 0 saturated carbocycles. The van der Waals surface area contributed by atoms with Crippen LogP contribution in [0.5, 0.6) is 0 Å². The van der Waals surface area contributed by atoms with E-state index in [4.69, 9.17) is 18.8 Å². The van der Waals surface area contributed by atoms with Crippen molar-refractivity contribution in [2.45, 2.75) is 24.4 Å². The van der Waals surface area contributed by atoms with Gasteiger partial charge in [0.05, 0.1) is 32.0 Å². The van der Waals surface area contributed by atoms with Crippen molar-refractivity contribution < 1.29 is 23.9 Å². The summed E-state index contributed by atoms with van der Waals surface area (Å²) < 4.78 is 25.5. The highest BCUT2D eigenvalue weighted by atomic mass is 16.7. The van der Waals surface area contributed by atoms with Gasteiger partial charge in [-0.3, -0.25) is 0 Å². The first-order chi connectivity index (χ1) is 19.3. The van der Waals surface area contributed by atoms with Crippen molar-refractivity contribution >= 4 is 7.12 Å². The summed E-state index contributed by atoms with van der Waals surface area (Å²) in [4.78, 5) is 0. The van der Waals surface area contributed by atoms with Crippen molar-refractivity contribution in [1.29, 1.82) is 0 Å². The topological polar surface area (TPSA) is 57.2 Å². The van der Waals surface area contributed by atoms with Gasteiger partial charge in [-0.05, 0) is 22.3 Å². The van der Waals surface area contributed by atoms with Crippen LogP contribution in [0.25, 0.3) is 0 Å². The molecule has 0 radical (unpaired) electrons. The zero-order valence-corrected chi connectivity index (χ0v) is 21.8. The molecule has 198 valence electrons. The quantitative estimate of drug-likeness (QED) is 0.234. The molecule has 0 amide bonds. The van der Waals surface area contributed by atoms with Crippen LogP contribution in [0.1, 0.15) is 34.5 Å². The lowest BCUT2D eigenvalue weighted by molar-refractivity contribution is -0.0321. The summed E-state index contributed by atoms with van der Waals surface area (Å²) in [7, 11) is -0.585. The number of aliphatic hydroxyl groups excluding tert-OH is 1. The fraction of sp³-hybridized carbons (Fsp3) is 0.212. The molecule has 39 heavy (non-hydrogen) atoms. The smallest absolute Gasteiger partial charge is 0.400 e. The van der Waals surface area contributed by atoms with Gasteiger partial charge < -0.3 is 23.9 Å². The molecular weight excluding hydrogens is 487 g/mol. The predicted octanol–water partition coefficient (Wildman–Crippen LogP) is 5.96. The largest absolute Gasteiger partial charge is 0.486 e. The molecule has 4 aromatic rings. The molecule has 6 heteroatoms. The van der Waals surface area contributed by atoms with Crippen LogP contribution in [0.3, 0.4) is 0 Å². The Bertz CT molecular complexity index is 1100. The first kappa shape index (κ1) is 27.1. The molecule has 1 saturated heterocycles. The molecular formula is C33H33BO5. The average Bonchev–Trinajstić information content (AvgIpc) is 3.40. The average molecular weight is 520 g/mol. The summed E-state index contributed by atoms with van der Waals surface area (Å²) in [5, 5.41) is 9.27. The SMILES string of the molecule is OC/C=C/B1O[C@H](COC(c2ccccc2)c2ccccc2)[C@@H](COC(c2ccccc2)c2ccccc2)O1. The molecule has 5 nitrogen and oxygen atoms in total. The molecule has 4 aromatic carbocycles. The molecule has 0 bridgehead atoms. The van der Waals surface area contributed by atoms with Crippen LogP contribution < -0.4 is 0 Å². The lowest BCUT2D eigenvalue weighted by atomic mass is 9.90. The Morgan fingerprint density at radius 3 is 1.23 bits per heavy atom. The van der Waals surface area contributed by atoms with E-state index >= 15 is 0 Å². The van der Waals surface area contributed by atoms with E-state index in [-0.39, 0.29) is 31.0 Å². The van der Waals surface area contributed by atoms with Gasteiger partial charge in [0.15, 0.2) is 0 Å². The zero-order chi connectivity index (χ0) is 26.7. The Balaban J connectivity index is 1.33. The number of rotatable bonds is 12. The van der Waals surface area contributed by atoms with Crippen LogP contribution in [-0.4, -0.2) is 44.3 Å². The first-order valence-corrected chi connectivity index (χ1v) is 13.3. The van der Waals surface area contributed by atoms with Gasteiger partial charge in [-0.2, -0.15) is 0 Å². The van der Waals surface area contributed by atoms with Crippen molar-refractivity contribution in [1.82, 2.24) is 0 Å². The minimum Gasteiger partial charge on any atom is -0.400 e. The third-order valence-electron chi connectivity index (χ3n) is 6.69. The van der Waals surface area contributed by atoms with E-state index in [9.17, 15) is 5.11 Å².